The molecule has 0 saturated heterocycles. The molecule has 0 amide bonds. The van der Waals surface area contributed by atoms with Crippen LogP contribution in [0.5, 0.6) is 0 Å². The average molecular weight is 376 g/mol. The van der Waals surface area contributed by atoms with Crippen LogP contribution in [0.25, 0.3) is 0 Å². The van der Waals surface area contributed by atoms with Crippen LogP contribution >= 0.6 is 46.4 Å². The van der Waals surface area contributed by atoms with E-state index in [1.807, 2.05) is 0 Å². The lowest BCUT2D eigenvalue weighted by molar-refractivity contribution is 0.363. The van der Waals surface area contributed by atoms with Crippen LogP contribution in [0.1, 0.15) is 51.4 Å². The molecule has 2 bridgehead atoms. The largest absolute Gasteiger partial charge is 0.117 e. The Labute approximate surface area is 151 Å². The Morgan fingerprint density at radius 2 is 0.818 bits per heavy atom. The summed E-state index contributed by atoms with van der Waals surface area (Å²) in [5, 5.41) is 0. The Balaban J connectivity index is 1.46. The molecule has 0 nitrogen and oxygen atoms in total. The van der Waals surface area contributed by atoms with Crippen molar-refractivity contribution in [1.29, 1.82) is 0 Å². The third kappa shape index (κ3) is 1.39. The molecule has 7 aliphatic rings. The van der Waals surface area contributed by atoms with Gasteiger partial charge in [0.2, 0.25) is 0 Å². The fourth-order valence-corrected chi connectivity index (χ4v) is 8.08. The van der Waals surface area contributed by atoms with Gasteiger partial charge in [-0.3, -0.25) is 0 Å². The number of halogens is 4. The highest BCUT2D eigenvalue weighted by molar-refractivity contribution is 6.40. The zero-order valence-corrected chi connectivity index (χ0v) is 15.3. The first-order valence-corrected chi connectivity index (χ1v) is 9.98. The molecule has 2 fully saturated rings. The van der Waals surface area contributed by atoms with Gasteiger partial charge in [0.05, 0.1) is 19.5 Å². The van der Waals surface area contributed by atoms with Crippen molar-refractivity contribution in [2.24, 2.45) is 11.8 Å². The number of alkyl halides is 4. The highest BCUT2D eigenvalue weighted by Gasteiger charge is 2.72. The monoisotopic (exact) mass is 374 g/mol. The van der Waals surface area contributed by atoms with Crippen LogP contribution in [0.2, 0.25) is 0 Å². The molecule has 0 aromatic rings. The summed E-state index contributed by atoms with van der Waals surface area (Å²) in [6.07, 6.45) is 8.54. The van der Waals surface area contributed by atoms with Crippen molar-refractivity contribution in [3.05, 3.63) is 22.3 Å². The quantitative estimate of drug-likeness (QED) is 0.363. The molecule has 0 aromatic carbocycles. The van der Waals surface area contributed by atoms with Gasteiger partial charge in [0.25, 0.3) is 0 Å². The zero-order valence-electron chi connectivity index (χ0n) is 12.3. The van der Waals surface area contributed by atoms with Gasteiger partial charge in [0, 0.05) is 11.8 Å². The average Bonchev–Trinajstić information content (AvgIpc) is 3.19. The number of fused-ring (bicyclic) bond motifs is 3. The summed E-state index contributed by atoms with van der Waals surface area (Å²) < 4.78 is 0. The van der Waals surface area contributed by atoms with E-state index in [9.17, 15) is 0 Å². The van der Waals surface area contributed by atoms with E-state index in [1.165, 1.54) is 12.8 Å². The van der Waals surface area contributed by atoms with Crippen molar-refractivity contribution in [3.63, 3.8) is 0 Å². The van der Waals surface area contributed by atoms with Crippen LogP contribution in [-0.2, 0) is 0 Å². The summed E-state index contributed by atoms with van der Waals surface area (Å²) >= 11 is 27.1. The maximum absolute atomic E-state index is 6.78. The second kappa shape index (κ2) is 3.59. The summed E-state index contributed by atoms with van der Waals surface area (Å²) in [6, 6.07) is 0. The van der Waals surface area contributed by atoms with E-state index in [2.05, 4.69) is 0 Å². The Kier molecular flexibility index (Phi) is 2.27. The summed E-state index contributed by atoms with van der Waals surface area (Å²) in [5.41, 5.74) is 6.56. The number of rotatable bonds is 0. The lowest BCUT2D eigenvalue weighted by Gasteiger charge is -2.49. The van der Waals surface area contributed by atoms with E-state index >= 15 is 0 Å². The van der Waals surface area contributed by atoms with Gasteiger partial charge in [-0.05, 0) is 51.4 Å². The van der Waals surface area contributed by atoms with E-state index < -0.39 is 0 Å². The van der Waals surface area contributed by atoms with Gasteiger partial charge in [-0.1, -0.05) is 22.3 Å². The van der Waals surface area contributed by atoms with Crippen molar-refractivity contribution < 1.29 is 0 Å². The zero-order chi connectivity index (χ0) is 15.1. The Hall–Kier alpha value is 0.640. The molecule has 0 radical (unpaired) electrons. The molecule has 0 aliphatic heterocycles. The molecule has 0 spiro atoms. The maximum Gasteiger partial charge on any atom is 0.0696 e. The number of hydrogen-bond acceptors (Lipinski definition) is 0. The molecular formula is C18H18Cl4. The van der Waals surface area contributed by atoms with Crippen LogP contribution in [0.4, 0.5) is 0 Å². The van der Waals surface area contributed by atoms with E-state index in [0.717, 1.165) is 38.5 Å². The topological polar surface area (TPSA) is 0 Å². The predicted molar refractivity (Wildman–Crippen MR) is 92.3 cm³/mol. The first-order chi connectivity index (χ1) is 10.3. The first-order valence-electron chi connectivity index (χ1n) is 8.47. The Bertz CT molecular complexity index is 596. The second-order valence-corrected chi connectivity index (χ2v) is 11.6. The molecule has 0 heterocycles. The van der Waals surface area contributed by atoms with Gasteiger partial charge in [0.15, 0.2) is 0 Å². The molecule has 0 aromatic heterocycles. The van der Waals surface area contributed by atoms with Crippen LogP contribution in [0.15, 0.2) is 22.3 Å². The molecule has 22 heavy (non-hydrogen) atoms. The van der Waals surface area contributed by atoms with Gasteiger partial charge >= 0.3 is 0 Å². The van der Waals surface area contributed by atoms with Crippen molar-refractivity contribution in [2.45, 2.75) is 70.9 Å². The highest BCUT2D eigenvalue weighted by atomic mass is 35.5. The standard InChI is InChI=1S/C18H18Cl4/c19-15-3-11-9-1-2-10(13(11)5-17(15,21)7-15)14-6-18(22)8-16(18,20)4-12(9)14/h9-10H,1-8H2. The smallest absolute Gasteiger partial charge is 0.0696 e. The molecule has 4 atom stereocenters. The summed E-state index contributed by atoms with van der Waals surface area (Å²) in [4.78, 5) is -0.632. The van der Waals surface area contributed by atoms with Crippen molar-refractivity contribution in [2.75, 3.05) is 0 Å². The van der Waals surface area contributed by atoms with Gasteiger partial charge < -0.3 is 0 Å². The van der Waals surface area contributed by atoms with E-state index in [-0.39, 0.29) is 19.5 Å². The minimum Gasteiger partial charge on any atom is -0.117 e. The van der Waals surface area contributed by atoms with Crippen LogP contribution in [0, 0.1) is 11.8 Å². The van der Waals surface area contributed by atoms with Crippen LogP contribution < -0.4 is 0 Å². The van der Waals surface area contributed by atoms with Gasteiger partial charge in [-0.25, -0.2) is 0 Å². The van der Waals surface area contributed by atoms with Crippen LogP contribution in [0.3, 0.4) is 0 Å². The highest BCUT2D eigenvalue weighted by Crippen LogP contribution is 2.75. The molecule has 7 rings (SSSR count). The third-order valence-corrected chi connectivity index (χ3v) is 10.3. The minimum absolute atomic E-state index is 0.158. The Morgan fingerprint density at radius 1 is 0.545 bits per heavy atom. The van der Waals surface area contributed by atoms with E-state index in [4.69, 9.17) is 46.4 Å². The summed E-state index contributed by atoms with van der Waals surface area (Å²) in [5.74, 6) is 1.20. The fraction of sp³-hybridized carbons (Fsp3) is 0.778. The van der Waals surface area contributed by atoms with E-state index in [1.54, 1.807) is 22.3 Å². The first kappa shape index (κ1) is 13.9. The fourth-order valence-electron chi connectivity index (χ4n) is 6.18. The number of allylic oxidation sites excluding steroid dienone is 4. The molecule has 4 heteroatoms. The SMILES string of the molecule is ClC12CC3=C(CC1(Cl)C2)C1CCC3C2=C1CC1(Cl)CC1(Cl)C2. The molecule has 4 unspecified atom stereocenters. The van der Waals surface area contributed by atoms with E-state index in [0.29, 0.717) is 11.8 Å². The minimum atomic E-state index is -0.158. The van der Waals surface area contributed by atoms with Crippen LogP contribution in [-0.4, -0.2) is 19.5 Å². The van der Waals surface area contributed by atoms with Crippen molar-refractivity contribution in [3.8, 4) is 0 Å². The second-order valence-electron chi connectivity index (χ2n) is 8.71. The molecule has 0 N–H and O–H groups in total. The van der Waals surface area contributed by atoms with Crippen molar-refractivity contribution in [1.82, 2.24) is 0 Å². The molecule has 7 aliphatic carbocycles. The maximum atomic E-state index is 6.78. The van der Waals surface area contributed by atoms with Gasteiger partial charge in [0.1, 0.15) is 0 Å². The van der Waals surface area contributed by atoms with Crippen molar-refractivity contribution >= 4 is 46.4 Å². The van der Waals surface area contributed by atoms with Gasteiger partial charge in [-0.2, -0.15) is 0 Å². The molecule has 2 saturated carbocycles. The lowest BCUT2D eigenvalue weighted by Crippen LogP contribution is -2.40. The summed E-state index contributed by atoms with van der Waals surface area (Å²) in [6.45, 7) is 0. The number of hydrogen-bond donors (Lipinski definition) is 0. The predicted octanol–water partition coefficient (Wildman–Crippen LogP) is 5.92. The molecular weight excluding hydrogens is 358 g/mol. The lowest BCUT2D eigenvalue weighted by atomic mass is 9.58. The third-order valence-electron chi connectivity index (χ3n) is 7.61. The normalized spacial score (nSPS) is 60.5. The summed E-state index contributed by atoms with van der Waals surface area (Å²) in [7, 11) is 0. The molecule has 118 valence electrons. The van der Waals surface area contributed by atoms with Gasteiger partial charge in [-0.15, -0.1) is 46.4 Å². The Morgan fingerprint density at radius 3 is 1.09 bits per heavy atom.